The Morgan fingerprint density at radius 3 is 1.64 bits per heavy atom. The maximum absolute atomic E-state index is 12.1. The molecule has 2 unspecified atom stereocenters. The van der Waals surface area contributed by atoms with Gasteiger partial charge in [0.1, 0.15) is 13.2 Å². The molecule has 2 atom stereocenters. The second-order valence-electron chi connectivity index (χ2n) is 5.18. The van der Waals surface area contributed by atoms with E-state index in [1.807, 2.05) is 50.3 Å². The van der Waals surface area contributed by atoms with Gasteiger partial charge >= 0.3 is 11.9 Å². The largest absolute Gasteiger partial charge is 0.461 e. The van der Waals surface area contributed by atoms with E-state index in [4.69, 9.17) is 9.47 Å². The Morgan fingerprint density at radius 1 is 0.864 bits per heavy atom. The summed E-state index contributed by atoms with van der Waals surface area (Å²) in [6.07, 6.45) is 14.2. The lowest BCUT2D eigenvalue weighted by atomic mass is 9.83. The van der Waals surface area contributed by atoms with Gasteiger partial charge in [-0.25, -0.2) is 0 Å². The average Bonchev–Trinajstić information content (AvgIpc) is 2.55. The van der Waals surface area contributed by atoms with Crippen molar-refractivity contribution in [3.8, 4) is 0 Å². The zero-order valence-electron chi connectivity index (χ0n) is 13.5. The van der Waals surface area contributed by atoms with Crippen molar-refractivity contribution in [3.63, 3.8) is 0 Å². The number of rotatable bonds is 8. The molecule has 122 valence electrons. The fraction of sp³-hybridized carbons (Fsp3) is 0.556. The molecule has 0 saturated carbocycles. The first kappa shape index (κ1) is 18.2. The molecular weight excluding hydrogens is 280 g/mol. The Kier molecular flexibility index (Phi) is 8.96. The molecule has 0 saturated heterocycles. The number of carbonyl (C=O) groups is 2. The first-order valence-electron chi connectivity index (χ1n) is 7.98. The molecule has 22 heavy (non-hydrogen) atoms. The van der Waals surface area contributed by atoms with E-state index in [0.29, 0.717) is 12.8 Å². The minimum Gasteiger partial charge on any atom is -0.461 e. The fourth-order valence-electron chi connectivity index (χ4n) is 2.28. The van der Waals surface area contributed by atoms with E-state index in [-0.39, 0.29) is 25.2 Å². The molecule has 0 bridgehead atoms. The highest BCUT2D eigenvalue weighted by Gasteiger charge is 2.36. The zero-order chi connectivity index (χ0) is 16.2. The van der Waals surface area contributed by atoms with Crippen molar-refractivity contribution in [1.29, 1.82) is 0 Å². The highest BCUT2D eigenvalue weighted by molar-refractivity contribution is 5.82. The van der Waals surface area contributed by atoms with Crippen LogP contribution in [0, 0.1) is 11.8 Å². The zero-order valence-corrected chi connectivity index (χ0v) is 13.5. The molecule has 0 aliphatic heterocycles. The van der Waals surface area contributed by atoms with Gasteiger partial charge in [0.2, 0.25) is 0 Å². The van der Waals surface area contributed by atoms with Crippen LogP contribution >= 0.6 is 0 Å². The molecule has 0 amide bonds. The number of allylic oxidation sites excluding steroid dienone is 4. The lowest BCUT2D eigenvalue weighted by Gasteiger charge is -2.24. The molecule has 0 aromatic carbocycles. The smallest absolute Gasteiger partial charge is 0.310 e. The van der Waals surface area contributed by atoms with Crippen LogP contribution in [-0.4, -0.2) is 25.2 Å². The Hall–Kier alpha value is -1.84. The Bertz CT molecular complexity index is 394. The minimum atomic E-state index is -0.442. The average molecular weight is 306 g/mol. The molecule has 0 heterocycles. The van der Waals surface area contributed by atoms with E-state index in [1.165, 1.54) is 0 Å². The van der Waals surface area contributed by atoms with Crippen molar-refractivity contribution in [2.75, 3.05) is 13.2 Å². The van der Waals surface area contributed by atoms with Crippen molar-refractivity contribution in [2.24, 2.45) is 11.8 Å². The maximum Gasteiger partial charge on any atom is 0.310 e. The van der Waals surface area contributed by atoms with E-state index >= 15 is 0 Å². The molecule has 0 aromatic rings. The van der Waals surface area contributed by atoms with Gasteiger partial charge in [0.15, 0.2) is 0 Å². The third-order valence-corrected chi connectivity index (χ3v) is 3.49. The Labute approximate surface area is 132 Å². The van der Waals surface area contributed by atoms with E-state index in [2.05, 4.69) is 0 Å². The minimum absolute atomic E-state index is 0.258. The van der Waals surface area contributed by atoms with Crippen LogP contribution in [0.5, 0.6) is 0 Å². The molecular formula is C18H26O4. The van der Waals surface area contributed by atoms with Gasteiger partial charge in [-0.15, -0.1) is 0 Å². The van der Waals surface area contributed by atoms with E-state index in [9.17, 15) is 9.59 Å². The summed E-state index contributed by atoms with van der Waals surface area (Å²) in [5, 5.41) is 0. The number of carbonyl (C=O) groups excluding carboxylic acids is 2. The third kappa shape index (κ3) is 6.29. The molecule has 4 heteroatoms. The summed E-state index contributed by atoms with van der Waals surface area (Å²) in [4.78, 5) is 24.3. The Morgan fingerprint density at radius 2 is 1.27 bits per heavy atom. The highest BCUT2D eigenvalue weighted by atomic mass is 16.5. The van der Waals surface area contributed by atoms with Gasteiger partial charge in [-0.1, -0.05) is 50.3 Å². The molecule has 0 N–H and O–H groups in total. The summed E-state index contributed by atoms with van der Waals surface area (Å²) in [5.74, 6) is -1.53. The molecule has 0 radical (unpaired) electrons. The van der Waals surface area contributed by atoms with Gasteiger partial charge in [0.05, 0.1) is 11.8 Å². The molecule has 4 nitrogen and oxygen atoms in total. The summed E-state index contributed by atoms with van der Waals surface area (Å²) in [7, 11) is 0. The topological polar surface area (TPSA) is 52.6 Å². The number of ether oxygens (including phenoxy) is 2. The standard InChI is InChI=1S/C18H26O4/c1-3-5-9-13-21-17(19)15-11-7-8-12-16(15)18(20)22-14-10-6-4-2/h5-10,15-16H,3-4,11-14H2,1-2H3/b9-5+,10-6+. The second-order valence-corrected chi connectivity index (χ2v) is 5.18. The summed E-state index contributed by atoms with van der Waals surface area (Å²) in [6.45, 7) is 4.55. The Balaban J connectivity index is 2.53. The van der Waals surface area contributed by atoms with Gasteiger partial charge in [0.25, 0.3) is 0 Å². The first-order valence-corrected chi connectivity index (χ1v) is 7.98. The van der Waals surface area contributed by atoms with Gasteiger partial charge in [0, 0.05) is 0 Å². The normalized spacial score (nSPS) is 21.4. The maximum atomic E-state index is 12.1. The predicted octanol–water partition coefficient (Wildman–Crippen LogP) is 3.59. The number of esters is 2. The van der Waals surface area contributed by atoms with Crippen LogP contribution in [0.25, 0.3) is 0 Å². The SMILES string of the molecule is CC/C=C/COC(=O)C1CC=CCC1C(=O)OC/C=C/CC. The summed E-state index contributed by atoms with van der Waals surface area (Å²) < 4.78 is 10.5. The molecule has 0 fully saturated rings. The third-order valence-electron chi connectivity index (χ3n) is 3.49. The van der Waals surface area contributed by atoms with Crippen molar-refractivity contribution in [1.82, 2.24) is 0 Å². The molecule has 1 aliphatic carbocycles. The first-order chi connectivity index (χ1) is 10.7. The van der Waals surface area contributed by atoms with Crippen LogP contribution in [0.4, 0.5) is 0 Å². The molecule has 1 aliphatic rings. The summed E-state index contributed by atoms with van der Waals surface area (Å²) in [5.41, 5.74) is 0. The van der Waals surface area contributed by atoms with Crippen LogP contribution in [-0.2, 0) is 19.1 Å². The van der Waals surface area contributed by atoms with Gasteiger partial charge in [-0.2, -0.15) is 0 Å². The highest BCUT2D eigenvalue weighted by Crippen LogP contribution is 2.28. The molecule has 1 rings (SSSR count). The van der Waals surface area contributed by atoms with Crippen molar-refractivity contribution < 1.29 is 19.1 Å². The molecule has 0 spiro atoms. The fourth-order valence-corrected chi connectivity index (χ4v) is 2.28. The number of hydrogen-bond acceptors (Lipinski definition) is 4. The lowest BCUT2D eigenvalue weighted by Crippen LogP contribution is -2.33. The summed E-state index contributed by atoms with van der Waals surface area (Å²) >= 11 is 0. The second kappa shape index (κ2) is 10.8. The van der Waals surface area contributed by atoms with Crippen LogP contribution in [0.15, 0.2) is 36.5 Å². The van der Waals surface area contributed by atoms with E-state index in [0.717, 1.165) is 12.8 Å². The van der Waals surface area contributed by atoms with Gasteiger partial charge in [-0.3, -0.25) is 9.59 Å². The van der Waals surface area contributed by atoms with E-state index < -0.39 is 11.8 Å². The van der Waals surface area contributed by atoms with Crippen LogP contribution in [0.3, 0.4) is 0 Å². The quantitative estimate of drug-likeness (QED) is 0.508. The lowest BCUT2D eigenvalue weighted by molar-refractivity contribution is -0.159. The number of hydrogen-bond donors (Lipinski definition) is 0. The monoisotopic (exact) mass is 306 g/mol. The van der Waals surface area contributed by atoms with E-state index in [1.54, 1.807) is 0 Å². The van der Waals surface area contributed by atoms with Crippen LogP contribution < -0.4 is 0 Å². The van der Waals surface area contributed by atoms with Crippen molar-refractivity contribution in [2.45, 2.75) is 39.5 Å². The van der Waals surface area contributed by atoms with Crippen molar-refractivity contribution >= 4 is 11.9 Å². The predicted molar refractivity (Wildman–Crippen MR) is 86.1 cm³/mol. The van der Waals surface area contributed by atoms with Gasteiger partial charge < -0.3 is 9.47 Å². The van der Waals surface area contributed by atoms with Crippen molar-refractivity contribution in [3.05, 3.63) is 36.5 Å². The van der Waals surface area contributed by atoms with Crippen LogP contribution in [0.1, 0.15) is 39.5 Å². The summed E-state index contributed by atoms with van der Waals surface area (Å²) in [6, 6.07) is 0. The van der Waals surface area contributed by atoms with Gasteiger partial charge in [-0.05, 0) is 25.7 Å². The molecule has 0 aromatic heterocycles. The van der Waals surface area contributed by atoms with Crippen LogP contribution in [0.2, 0.25) is 0 Å².